The lowest BCUT2D eigenvalue weighted by Gasteiger charge is -2.25. The molecule has 0 spiro atoms. The largest absolute Gasteiger partial charge is 0.480 e. The first-order valence-corrected chi connectivity index (χ1v) is 9.78. The third kappa shape index (κ3) is 4.83. The minimum absolute atomic E-state index is 0.0456. The van der Waals surface area contributed by atoms with Crippen molar-refractivity contribution in [1.82, 2.24) is 9.21 Å². The molecule has 1 aromatic carbocycles. The van der Waals surface area contributed by atoms with Crippen molar-refractivity contribution in [3.63, 3.8) is 0 Å². The number of carboxylic acids is 1. The summed E-state index contributed by atoms with van der Waals surface area (Å²) >= 11 is 11.8. The Hall–Kier alpha value is -0.860. The molecule has 0 bridgehead atoms. The molecule has 6 nitrogen and oxygen atoms in total. The van der Waals surface area contributed by atoms with E-state index in [1.165, 1.54) is 22.5 Å². The number of benzene rings is 1. The Morgan fingerprint density at radius 2 is 1.88 bits per heavy atom. The van der Waals surface area contributed by atoms with Crippen molar-refractivity contribution in [3.05, 3.63) is 28.2 Å². The Balaban J connectivity index is 2.13. The fraction of sp³-hybridized carbons (Fsp3) is 0.533. The van der Waals surface area contributed by atoms with Crippen LogP contribution < -0.4 is 0 Å². The highest BCUT2D eigenvalue weighted by Gasteiger charge is 2.29. The van der Waals surface area contributed by atoms with Gasteiger partial charge in [0.1, 0.15) is 0 Å². The second kappa shape index (κ2) is 8.01. The predicted octanol–water partition coefficient (Wildman–Crippen LogP) is 2.55. The second-order valence-electron chi connectivity index (χ2n) is 5.90. The molecule has 24 heavy (non-hydrogen) atoms. The minimum atomic E-state index is -3.67. The van der Waals surface area contributed by atoms with Crippen LogP contribution in [0.4, 0.5) is 0 Å². The molecule has 1 aromatic rings. The number of halogens is 2. The zero-order chi connectivity index (χ0) is 17.9. The second-order valence-corrected chi connectivity index (χ2v) is 8.71. The Bertz CT molecular complexity index is 691. The smallest absolute Gasteiger partial charge is 0.317 e. The lowest BCUT2D eigenvalue weighted by Crippen LogP contribution is -2.37. The van der Waals surface area contributed by atoms with E-state index in [0.717, 1.165) is 6.42 Å². The number of rotatable bonds is 5. The molecule has 1 N–H and O–H groups in total. The molecule has 9 heteroatoms. The van der Waals surface area contributed by atoms with Crippen molar-refractivity contribution >= 4 is 39.2 Å². The zero-order valence-electron chi connectivity index (χ0n) is 13.3. The molecule has 0 aliphatic carbocycles. The summed E-state index contributed by atoms with van der Waals surface area (Å²) < 4.78 is 27.0. The number of hydrogen-bond acceptors (Lipinski definition) is 4. The van der Waals surface area contributed by atoms with Crippen molar-refractivity contribution in [2.75, 3.05) is 26.7 Å². The molecule has 0 saturated carbocycles. The van der Waals surface area contributed by atoms with Gasteiger partial charge >= 0.3 is 5.97 Å². The number of hydrogen-bond donors (Lipinski definition) is 1. The molecule has 1 fully saturated rings. The van der Waals surface area contributed by atoms with E-state index >= 15 is 0 Å². The molecule has 1 aliphatic heterocycles. The number of aliphatic carboxylic acids is 1. The molecule has 0 amide bonds. The van der Waals surface area contributed by atoms with Crippen LogP contribution in [0.15, 0.2) is 23.1 Å². The summed E-state index contributed by atoms with van der Waals surface area (Å²) in [6.45, 7) is 0.673. The predicted molar refractivity (Wildman–Crippen MR) is 93.1 cm³/mol. The van der Waals surface area contributed by atoms with Gasteiger partial charge in [0.05, 0.1) is 11.4 Å². The van der Waals surface area contributed by atoms with Crippen molar-refractivity contribution in [3.8, 4) is 0 Å². The Morgan fingerprint density at radius 1 is 1.25 bits per heavy atom. The van der Waals surface area contributed by atoms with Gasteiger partial charge in [-0.2, -0.15) is 4.31 Å². The van der Waals surface area contributed by atoms with Crippen LogP contribution in [0.1, 0.15) is 19.3 Å². The summed E-state index contributed by atoms with van der Waals surface area (Å²) in [5.41, 5.74) is 0. The zero-order valence-corrected chi connectivity index (χ0v) is 15.6. The maximum Gasteiger partial charge on any atom is 0.317 e. The van der Waals surface area contributed by atoms with Crippen LogP contribution in [-0.4, -0.2) is 61.4 Å². The summed E-state index contributed by atoms with van der Waals surface area (Å²) in [7, 11) is -1.92. The number of carbonyl (C=O) groups is 1. The fourth-order valence-electron chi connectivity index (χ4n) is 2.90. The molecule has 134 valence electrons. The Morgan fingerprint density at radius 3 is 2.46 bits per heavy atom. The van der Waals surface area contributed by atoms with E-state index < -0.39 is 16.0 Å². The van der Waals surface area contributed by atoms with Gasteiger partial charge in [-0.25, -0.2) is 8.42 Å². The normalized spacial score (nSPS) is 20.1. The maximum absolute atomic E-state index is 12.8. The Kier molecular flexibility index (Phi) is 6.50. The van der Waals surface area contributed by atoms with Crippen LogP contribution in [0.25, 0.3) is 0 Å². The summed E-state index contributed by atoms with van der Waals surface area (Å²) in [5, 5.41) is 9.44. The highest BCUT2D eigenvalue weighted by Crippen LogP contribution is 2.27. The highest BCUT2D eigenvalue weighted by molar-refractivity contribution is 7.89. The number of nitrogens with zero attached hydrogens (tertiary/aromatic N) is 2. The van der Waals surface area contributed by atoms with Gasteiger partial charge in [-0.3, -0.25) is 9.69 Å². The molecule has 0 aromatic heterocycles. The van der Waals surface area contributed by atoms with Gasteiger partial charge in [0, 0.05) is 29.2 Å². The molecular formula is C15H20Cl2N2O4S. The molecule has 1 atom stereocenters. The summed E-state index contributed by atoms with van der Waals surface area (Å²) in [6.07, 6.45) is 2.01. The van der Waals surface area contributed by atoms with Crippen LogP contribution in [0.5, 0.6) is 0 Å². The molecule has 1 aliphatic rings. The molecule has 1 unspecified atom stereocenters. The van der Waals surface area contributed by atoms with Crippen molar-refractivity contribution in [2.45, 2.75) is 30.2 Å². The average molecular weight is 395 g/mol. The standard InChI is InChI=1S/C15H20Cl2N2O4S/c1-18(10-15(20)21)13-3-2-5-19(6-4-13)24(22,23)14-8-11(16)7-12(17)9-14/h7-9,13H,2-6,10H2,1H3,(H,20,21). The van der Waals surface area contributed by atoms with Crippen LogP contribution in [0, 0.1) is 0 Å². The van der Waals surface area contributed by atoms with Gasteiger partial charge in [-0.15, -0.1) is 0 Å². The summed E-state index contributed by atoms with van der Waals surface area (Å²) in [4.78, 5) is 12.7. The van der Waals surface area contributed by atoms with Gasteiger partial charge in [0.15, 0.2) is 0 Å². The van der Waals surface area contributed by atoms with E-state index in [1.54, 1.807) is 11.9 Å². The highest BCUT2D eigenvalue weighted by atomic mass is 35.5. The topological polar surface area (TPSA) is 77.9 Å². The lowest BCUT2D eigenvalue weighted by molar-refractivity contribution is -0.138. The molecule has 1 heterocycles. The van der Waals surface area contributed by atoms with E-state index in [0.29, 0.717) is 25.9 Å². The third-order valence-corrected chi connectivity index (χ3v) is 6.45. The molecule has 1 saturated heterocycles. The number of carboxylic acid groups (broad SMARTS) is 1. The van der Waals surface area contributed by atoms with E-state index in [4.69, 9.17) is 28.3 Å². The number of likely N-dealkylation sites (N-methyl/N-ethyl adjacent to an activating group) is 1. The van der Waals surface area contributed by atoms with Crippen molar-refractivity contribution in [1.29, 1.82) is 0 Å². The molecular weight excluding hydrogens is 375 g/mol. The SMILES string of the molecule is CN(CC(=O)O)C1CCCN(S(=O)(=O)c2cc(Cl)cc(Cl)c2)CC1. The first kappa shape index (κ1) is 19.5. The maximum atomic E-state index is 12.8. The van der Waals surface area contributed by atoms with E-state index in [2.05, 4.69) is 0 Å². The first-order chi connectivity index (χ1) is 11.2. The van der Waals surface area contributed by atoms with E-state index in [-0.39, 0.29) is 27.5 Å². The van der Waals surface area contributed by atoms with Crippen LogP contribution in [0.2, 0.25) is 10.0 Å². The van der Waals surface area contributed by atoms with E-state index in [1.807, 2.05) is 0 Å². The summed E-state index contributed by atoms with van der Waals surface area (Å²) in [6, 6.07) is 4.31. The monoisotopic (exact) mass is 394 g/mol. The minimum Gasteiger partial charge on any atom is -0.480 e. The van der Waals surface area contributed by atoms with Crippen molar-refractivity contribution < 1.29 is 18.3 Å². The van der Waals surface area contributed by atoms with Gasteiger partial charge in [0.2, 0.25) is 10.0 Å². The van der Waals surface area contributed by atoms with Crippen molar-refractivity contribution in [2.24, 2.45) is 0 Å². The Labute approximate surface area is 152 Å². The first-order valence-electron chi connectivity index (χ1n) is 7.58. The van der Waals surface area contributed by atoms with Crippen LogP contribution >= 0.6 is 23.2 Å². The molecule has 2 rings (SSSR count). The van der Waals surface area contributed by atoms with E-state index in [9.17, 15) is 13.2 Å². The van der Waals surface area contributed by atoms with Gasteiger partial charge in [-0.05, 0) is 44.5 Å². The lowest BCUT2D eigenvalue weighted by atomic mass is 10.1. The molecule has 0 radical (unpaired) electrons. The third-order valence-electron chi connectivity index (χ3n) is 4.14. The van der Waals surface area contributed by atoms with Gasteiger partial charge in [0.25, 0.3) is 0 Å². The average Bonchev–Trinajstić information content (AvgIpc) is 2.71. The van der Waals surface area contributed by atoms with Gasteiger partial charge < -0.3 is 5.11 Å². The van der Waals surface area contributed by atoms with Gasteiger partial charge in [-0.1, -0.05) is 23.2 Å². The van der Waals surface area contributed by atoms with Crippen LogP contribution in [0.3, 0.4) is 0 Å². The van der Waals surface area contributed by atoms with Crippen LogP contribution in [-0.2, 0) is 14.8 Å². The number of sulfonamides is 1. The fourth-order valence-corrected chi connectivity index (χ4v) is 5.12. The quantitative estimate of drug-likeness (QED) is 0.829. The summed E-state index contributed by atoms with van der Waals surface area (Å²) in [5.74, 6) is -0.889.